The van der Waals surface area contributed by atoms with Crippen molar-refractivity contribution in [3.63, 3.8) is 0 Å². The molecule has 0 amide bonds. The summed E-state index contributed by atoms with van der Waals surface area (Å²) in [6.07, 6.45) is 0. The molecule has 1 aromatic heterocycles. The number of rotatable bonds is 4. The lowest BCUT2D eigenvalue weighted by molar-refractivity contribution is 0.660. The first-order valence-corrected chi connectivity index (χ1v) is 18.1. The monoisotopic (exact) mass is 677 g/mol. The number of para-hydroxylation sites is 1. The van der Waals surface area contributed by atoms with Gasteiger partial charge in [-0.05, 0) is 105 Å². The van der Waals surface area contributed by atoms with Crippen LogP contribution < -0.4 is 4.90 Å². The molecule has 0 fully saturated rings. The predicted molar refractivity (Wildman–Crippen MR) is 214 cm³/mol. The number of benzene rings is 7. The van der Waals surface area contributed by atoms with Gasteiger partial charge in [-0.2, -0.15) is 0 Å². The van der Waals surface area contributed by atoms with E-state index in [-0.39, 0.29) is 10.8 Å². The van der Waals surface area contributed by atoms with Crippen molar-refractivity contribution in [3.8, 4) is 33.4 Å². The molecule has 0 saturated heterocycles. The molecule has 2 nitrogen and oxygen atoms in total. The molecule has 8 aromatic rings. The Morgan fingerprint density at radius 2 is 0.980 bits per heavy atom. The molecule has 0 aliphatic heterocycles. The van der Waals surface area contributed by atoms with E-state index >= 15 is 0 Å². The second-order valence-electron chi connectivity index (χ2n) is 15.1. The minimum Gasteiger partial charge on any atom is -0.456 e. The Morgan fingerprint density at radius 3 is 1.73 bits per heavy atom. The third-order valence-electron chi connectivity index (χ3n) is 11.6. The summed E-state index contributed by atoms with van der Waals surface area (Å²) in [6.45, 7) is 9.29. The largest absolute Gasteiger partial charge is 0.456 e. The minimum atomic E-state index is -0.113. The fourth-order valence-electron chi connectivity index (χ4n) is 8.86. The lowest BCUT2D eigenvalue weighted by atomic mass is 9.81. The number of nitrogens with zero attached hydrogens (tertiary/aromatic N) is 1. The van der Waals surface area contributed by atoms with Crippen molar-refractivity contribution < 1.29 is 4.42 Å². The van der Waals surface area contributed by atoms with E-state index in [4.69, 9.17) is 16.0 Å². The first-order valence-electron chi connectivity index (χ1n) is 17.7. The smallest absolute Gasteiger partial charge is 0.137 e. The molecule has 1 heterocycles. The molecule has 0 bridgehead atoms. The van der Waals surface area contributed by atoms with Crippen LogP contribution in [0, 0.1) is 0 Å². The summed E-state index contributed by atoms with van der Waals surface area (Å²) in [5.41, 5.74) is 17.4. The van der Waals surface area contributed by atoms with E-state index in [9.17, 15) is 0 Å². The highest BCUT2D eigenvalue weighted by molar-refractivity contribution is 6.33. The Labute approximate surface area is 303 Å². The summed E-state index contributed by atoms with van der Waals surface area (Å²) in [5.74, 6) is 0. The molecule has 10 rings (SSSR count). The molecule has 0 saturated carbocycles. The van der Waals surface area contributed by atoms with Crippen molar-refractivity contribution in [1.29, 1.82) is 0 Å². The molecule has 2 aliphatic rings. The molecule has 3 heteroatoms. The van der Waals surface area contributed by atoms with Crippen LogP contribution in [0.5, 0.6) is 0 Å². The molecule has 0 N–H and O–H groups in total. The highest BCUT2D eigenvalue weighted by Gasteiger charge is 2.37. The van der Waals surface area contributed by atoms with Gasteiger partial charge in [0.25, 0.3) is 0 Å². The van der Waals surface area contributed by atoms with Gasteiger partial charge in [-0.1, -0.05) is 124 Å². The number of anilines is 3. The maximum atomic E-state index is 7.08. The SMILES string of the molecule is CC1(C)c2ccccc2-c2ccc(N(c3ccc(-c4cc5c(cc4Cl)-c4ccccc4C5(C)C)cc3)c3ccc4c(c3)oc3ccccc34)cc21. The van der Waals surface area contributed by atoms with Gasteiger partial charge in [0.05, 0.1) is 0 Å². The maximum Gasteiger partial charge on any atom is 0.137 e. The van der Waals surface area contributed by atoms with Gasteiger partial charge in [0.2, 0.25) is 0 Å². The van der Waals surface area contributed by atoms with Gasteiger partial charge in [-0.25, -0.2) is 0 Å². The molecule has 0 spiro atoms. The van der Waals surface area contributed by atoms with Gasteiger partial charge in [0, 0.05) is 55.3 Å². The van der Waals surface area contributed by atoms with Gasteiger partial charge >= 0.3 is 0 Å². The summed E-state index contributed by atoms with van der Waals surface area (Å²) >= 11 is 7.08. The molecule has 0 radical (unpaired) electrons. The third kappa shape index (κ3) is 4.36. The average Bonchev–Trinajstić information content (AvgIpc) is 3.71. The molecule has 7 aromatic carbocycles. The van der Waals surface area contributed by atoms with E-state index < -0.39 is 0 Å². The van der Waals surface area contributed by atoms with Crippen LogP contribution >= 0.6 is 11.6 Å². The highest BCUT2D eigenvalue weighted by Crippen LogP contribution is 2.53. The predicted octanol–water partition coefficient (Wildman–Crippen LogP) is 14.0. The van der Waals surface area contributed by atoms with Gasteiger partial charge in [0.1, 0.15) is 11.2 Å². The molecule has 51 heavy (non-hydrogen) atoms. The van der Waals surface area contributed by atoms with Gasteiger partial charge in [-0.3, -0.25) is 0 Å². The third-order valence-corrected chi connectivity index (χ3v) is 11.9. The van der Waals surface area contributed by atoms with Crippen molar-refractivity contribution in [1.82, 2.24) is 0 Å². The summed E-state index contributed by atoms with van der Waals surface area (Å²) in [7, 11) is 0. The van der Waals surface area contributed by atoms with Crippen LogP contribution in [-0.2, 0) is 10.8 Å². The van der Waals surface area contributed by atoms with E-state index in [1.807, 2.05) is 12.1 Å². The van der Waals surface area contributed by atoms with Crippen molar-refractivity contribution in [3.05, 3.63) is 173 Å². The van der Waals surface area contributed by atoms with E-state index in [1.165, 1.54) is 44.5 Å². The Hall–Kier alpha value is -5.57. The zero-order valence-electron chi connectivity index (χ0n) is 29.1. The second-order valence-corrected chi connectivity index (χ2v) is 15.5. The molecule has 246 valence electrons. The van der Waals surface area contributed by atoms with Crippen LogP contribution in [0.4, 0.5) is 17.1 Å². The molecular formula is C48H36ClNO. The maximum absolute atomic E-state index is 7.08. The van der Waals surface area contributed by atoms with Crippen LogP contribution in [-0.4, -0.2) is 0 Å². The summed E-state index contributed by atoms with van der Waals surface area (Å²) in [5, 5.41) is 3.01. The molecule has 0 atom stereocenters. The molecule has 2 aliphatic carbocycles. The minimum absolute atomic E-state index is 0.0989. The van der Waals surface area contributed by atoms with Crippen LogP contribution in [0.3, 0.4) is 0 Å². The number of furan rings is 1. The number of hydrogen-bond donors (Lipinski definition) is 0. The fourth-order valence-corrected chi connectivity index (χ4v) is 9.14. The summed E-state index contributed by atoms with van der Waals surface area (Å²) in [6, 6.07) is 52.6. The number of halogens is 1. The Balaban J connectivity index is 1.11. The van der Waals surface area contributed by atoms with Crippen molar-refractivity contribution in [2.45, 2.75) is 38.5 Å². The molecule has 0 unspecified atom stereocenters. The van der Waals surface area contributed by atoms with Gasteiger partial charge < -0.3 is 9.32 Å². The lowest BCUT2D eigenvalue weighted by Gasteiger charge is -2.28. The van der Waals surface area contributed by atoms with Crippen molar-refractivity contribution in [2.75, 3.05) is 4.90 Å². The van der Waals surface area contributed by atoms with E-state index in [0.29, 0.717) is 0 Å². The first kappa shape index (κ1) is 30.3. The Bertz CT molecular complexity index is 2710. The standard InChI is InChI=1S/C48H36ClNO/c1-47(2)40-14-8-5-11-33(40)35-23-21-31(25-42(35)47)50(32-22-24-37-36-13-7-10-16-45(36)51-46(37)26-32)30-19-17-29(18-20-30)38-27-43-39(28-44(38)49)34-12-6-9-15-41(34)48(43,3)4/h5-28H,1-4H3. The zero-order chi connectivity index (χ0) is 34.6. The lowest BCUT2D eigenvalue weighted by Crippen LogP contribution is -2.16. The topological polar surface area (TPSA) is 16.4 Å². The summed E-state index contributed by atoms with van der Waals surface area (Å²) in [4.78, 5) is 2.35. The highest BCUT2D eigenvalue weighted by atomic mass is 35.5. The second kappa shape index (κ2) is 10.7. The fraction of sp³-hybridized carbons (Fsp3) is 0.125. The van der Waals surface area contributed by atoms with Crippen LogP contribution in [0.15, 0.2) is 150 Å². The average molecular weight is 678 g/mol. The van der Waals surface area contributed by atoms with Crippen molar-refractivity contribution in [2.24, 2.45) is 0 Å². The van der Waals surface area contributed by atoms with Crippen LogP contribution in [0.2, 0.25) is 5.02 Å². The van der Waals surface area contributed by atoms with Crippen LogP contribution in [0.1, 0.15) is 49.9 Å². The number of hydrogen-bond acceptors (Lipinski definition) is 2. The quantitative estimate of drug-likeness (QED) is 0.184. The Morgan fingerprint density at radius 1 is 0.431 bits per heavy atom. The Kier molecular flexibility index (Phi) is 6.36. The van der Waals surface area contributed by atoms with E-state index in [2.05, 4.69) is 166 Å². The first-order chi connectivity index (χ1) is 24.7. The van der Waals surface area contributed by atoms with Crippen LogP contribution in [0.25, 0.3) is 55.3 Å². The van der Waals surface area contributed by atoms with E-state index in [0.717, 1.165) is 55.2 Å². The van der Waals surface area contributed by atoms with Gasteiger partial charge in [-0.15, -0.1) is 0 Å². The van der Waals surface area contributed by atoms with Crippen molar-refractivity contribution >= 4 is 50.6 Å². The normalized spacial score (nSPS) is 14.7. The van der Waals surface area contributed by atoms with Gasteiger partial charge in [0.15, 0.2) is 0 Å². The zero-order valence-corrected chi connectivity index (χ0v) is 29.8. The van der Waals surface area contributed by atoms with E-state index in [1.54, 1.807) is 0 Å². The number of fused-ring (bicyclic) bond motifs is 9. The summed E-state index contributed by atoms with van der Waals surface area (Å²) < 4.78 is 6.39. The molecular weight excluding hydrogens is 642 g/mol.